The Hall–Kier alpha value is -1.99. The SMILES string of the molecule is CN(CCC(=O)O)C(=O)Nc1cc(Cl)ccc1N1CCOCC1. The lowest BCUT2D eigenvalue weighted by molar-refractivity contribution is -0.137. The highest BCUT2D eigenvalue weighted by molar-refractivity contribution is 6.31. The monoisotopic (exact) mass is 341 g/mol. The molecule has 1 aliphatic rings. The Bertz CT molecular complexity index is 576. The van der Waals surface area contributed by atoms with Crippen molar-refractivity contribution in [3.05, 3.63) is 23.2 Å². The number of urea groups is 1. The Morgan fingerprint density at radius 3 is 2.74 bits per heavy atom. The number of carbonyl (C=O) groups is 2. The number of hydrogen-bond acceptors (Lipinski definition) is 4. The van der Waals surface area contributed by atoms with Crippen molar-refractivity contribution in [2.24, 2.45) is 0 Å². The number of rotatable bonds is 5. The average Bonchev–Trinajstić information content (AvgIpc) is 2.53. The maximum Gasteiger partial charge on any atom is 0.321 e. The predicted octanol–water partition coefficient (Wildman–Crippen LogP) is 2.11. The lowest BCUT2D eigenvalue weighted by Gasteiger charge is -2.31. The summed E-state index contributed by atoms with van der Waals surface area (Å²) in [6.45, 7) is 2.87. The van der Waals surface area contributed by atoms with Crippen molar-refractivity contribution in [3.63, 3.8) is 0 Å². The van der Waals surface area contributed by atoms with E-state index in [1.807, 2.05) is 6.07 Å². The molecule has 2 amide bonds. The van der Waals surface area contributed by atoms with Crippen LogP contribution in [-0.2, 0) is 9.53 Å². The molecule has 0 spiro atoms. The number of morpholine rings is 1. The highest BCUT2D eigenvalue weighted by Gasteiger charge is 2.18. The van der Waals surface area contributed by atoms with Crippen LogP contribution in [0.2, 0.25) is 5.02 Å². The molecule has 1 aromatic rings. The first-order valence-corrected chi connectivity index (χ1v) is 7.71. The molecule has 2 N–H and O–H groups in total. The predicted molar refractivity (Wildman–Crippen MR) is 88.4 cm³/mol. The standard InChI is InChI=1S/C15H20ClN3O4/c1-18(5-4-14(20)21)15(22)17-12-10-11(16)2-3-13(12)19-6-8-23-9-7-19/h2-3,10H,4-9H2,1H3,(H,17,22)(H,20,21). The highest BCUT2D eigenvalue weighted by atomic mass is 35.5. The molecule has 1 heterocycles. The van der Waals surface area contributed by atoms with Gasteiger partial charge in [0.1, 0.15) is 0 Å². The van der Waals surface area contributed by atoms with Gasteiger partial charge in [0.2, 0.25) is 0 Å². The maximum atomic E-state index is 12.2. The van der Waals surface area contributed by atoms with E-state index in [1.165, 1.54) is 4.90 Å². The Labute approximate surface area is 139 Å². The Morgan fingerprint density at radius 1 is 1.39 bits per heavy atom. The Kier molecular flexibility index (Phi) is 6.06. The maximum absolute atomic E-state index is 12.2. The van der Waals surface area contributed by atoms with Crippen LogP contribution in [0, 0.1) is 0 Å². The van der Waals surface area contributed by atoms with Gasteiger partial charge in [0.05, 0.1) is 31.0 Å². The summed E-state index contributed by atoms with van der Waals surface area (Å²) in [4.78, 5) is 26.3. The fourth-order valence-electron chi connectivity index (χ4n) is 2.26. The van der Waals surface area contributed by atoms with E-state index < -0.39 is 5.97 Å². The zero-order valence-electron chi connectivity index (χ0n) is 12.9. The normalized spacial score (nSPS) is 14.4. The number of amides is 2. The first kappa shape index (κ1) is 17.4. The zero-order chi connectivity index (χ0) is 16.8. The van der Waals surface area contributed by atoms with Crippen molar-refractivity contribution >= 4 is 35.0 Å². The topological polar surface area (TPSA) is 82.1 Å². The summed E-state index contributed by atoms with van der Waals surface area (Å²) >= 11 is 6.04. The molecule has 0 aromatic heterocycles. The quantitative estimate of drug-likeness (QED) is 0.857. The number of nitrogens with zero attached hydrogens (tertiary/aromatic N) is 2. The first-order chi connectivity index (χ1) is 11.0. The van der Waals surface area contributed by atoms with Gasteiger partial charge in [-0.05, 0) is 18.2 Å². The van der Waals surface area contributed by atoms with Crippen molar-refractivity contribution in [3.8, 4) is 0 Å². The summed E-state index contributed by atoms with van der Waals surface area (Å²) in [5.74, 6) is -0.943. The van der Waals surface area contributed by atoms with E-state index in [2.05, 4.69) is 10.2 Å². The van der Waals surface area contributed by atoms with Gasteiger partial charge in [0.25, 0.3) is 0 Å². The van der Waals surface area contributed by atoms with Crippen LogP contribution in [0.5, 0.6) is 0 Å². The van der Waals surface area contributed by atoms with E-state index in [-0.39, 0.29) is 19.0 Å². The molecule has 0 unspecified atom stereocenters. The molecule has 126 valence electrons. The molecule has 0 aliphatic carbocycles. The Morgan fingerprint density at radius 2 is 2.09 bits per heavy atom. The Balaban J connectivity index is 2.09. The van der Waals surface area contributed by atoms with Crippen LogP contribution in [-0.4, -0.2) is 61.9 Å². The van der Waals surface area contributed by atoms with Crippen molar-refractivity contribution < 1.29 is 19.4 Å². The van der Waals surface area contributed by atoms with Crippen LogP contribution in [0.15, 0.2) is 18.2 Å². The van der Waals surface area contributed by atoms with E-state index in [4.69, 9.17) is 21.4 Å². The van der Waals surface area contributed by atoms with Gasteiger partial charge in [-0.15, -0.1) is 0 Å². The number of carbonyl (C=O) groups excluding carboxylic acids is 1. The minimum Gasteiger partial charge on any atom is -0.481 e. The van der Waals surface area contributed by atoms with Gasteiger partial charge in [-0.25, -0.2) is 4.79 Å². The van der Waals surface area contributed by atoms with Gasteiger partial charge < -0.3 is 25.0 Å². The molecule has 0 radical (unpaired) electrons. The molecule has 0 bridgehead atoms. The van der Waals surface area contributed by atoms with Gasteiger partial charge in [-0.2, -0.15) is 0 Å². The average molecular weight is 342 g/mol. The van der Waals surface area contributed by atoms with E-state index >= 15 is 0 Å². The molecular formula is C15H20ClN3O4. The summed E-state index contributed by atoms with van der Waals surface area (Å²) in [5, 5.41) is 12.0. The summed E-state index contributed by atoms with van der Waals surface area (Å²) in [6.07, 6.45) is -0.101. The first-order valence-electron chi connectivity index (χ1n) is 7.33. The number of hydrogen-bond donors (Lipinski definition) is 2. The second-order valence-corrected chi connectivity index (χ2v) is 5.69. The molecule has 2 rings (SSSR count). The van der Waals surface area contributed by atoms with Crippen LogP contribution in [0.3, 0.4) is 0 Å². The molecular weight excluding hydrogens is 322 g/mol. The van der Waals surface area contributed by atoms with Gasteiger partial charge >= 0.3 is 12.0 Å². The summed E-state index contributed by atoms with van der Waals surface area (Å²) < 4.78 is 5.34. The fourth-order valence-corrected chi connectivity index (χ4v) is 2.44. The van der Waals surface area contributed by atoms with Crippen LogP contribution in [0.4, 0.5) is 16.2 Å². The summed E-state index contributed by atoms with van der Waals surface area (Å²) in [5.41, 5.74) is 1.48. The molecule has 1 aromatic carbocycles. The van der Waals surface area contributed by atoms with E-state index in [1.54, 1.807) is 19.2 Å². The number of aliphatic carboxylic acids is 1. The van der Waals surface area contributed by atoms with Crippen molar-refractivity contribution in [2.45, 2.75) is 6.42 Å². The molecule has 7 nitrogen and oxygen atoms in total. The number of nitrogens with one attached hydrogen (secondary N) is 1. The smallest absolute Gasteiger partial charge is 0.321 e. The van der Waals surface area contributed by atoms with Gasteiger partial charge in [-0.1, -0.05) is 11.6 Å². The van der Waals surface area contributed by atoms with E-state index in [0.717, 1.165) is 18.8 Å². The van der Waals surface area contributed by atoms with Crippen molar-refractivity contribution in [1.82, 2.24) is 4.90 Å². The number of ether oxygens (including phenoxy) is 1. The van der Waals surface area contributed by atoms with Crippen LogP contribution >= 0.6 is 11.6 Å². The number of halogens is 1. The minimum absolute atomic E-state index is 0.101. The van der Waals surface area contributed by atoms with Gasteiger partial charge in [0.15, 0.2) is 0 Å². The third kappa shape index (κ3) is 5.01. The summed E-state index contributed by atoms with van der Waals surface area (Å²) in [6, 6.07) is 4.95. The van der Waals surface area contributed by atoms with Crippen LogP contribution in [0.25, 0.3) is 0 Å². The molecule has 0 saturated carbocycles. The summed E-state index contributed by atoms with van der Waals surface area (Å²) in [7, 11) is 1.55. The number of carboxylic acids is 1. The molecule has 0 atom stereocenters. The molecule has 1 fully saturated rings. The second-order valence-electron chi connectivity index (χ2n) is 5.26. The van der Waals surface area contributed by atoms with E-state index in [9.17, 15) is 9.59 Å². The second kappa shape index (κ2) is 8.03. The molecule has 23 heavy (non-hydrogen) atoms. The highest BCUT2D eigenvalue weighted by Crippen LogP contribution is 2.30. The zero-order valence-corrected chi connectivity index (χ0v) is 13.7. The fraction of sp³-hybridized carbons (Fsp3) is 0.467. The van der Waals surface area contributed by atoms with Crippen LogP contribution < -0.4 is 10.2 Å². The minimum atomic E-state index is -0.943. The van der Waals surface area contributed by atoms with Gasteiger partial charge in [0, 0.05) is 31.7 Å². The lowest BCUT2D eigenvalue weighted by atomic mass is 10.2. The molecule has 1 aliphatic heterocycles. The third-order valence-electron chi connectivity index (χ3n) is 3.56. The number of carboxylic acid groups (broad SMARTS) is 1. The van der Waals surface area contributed by atoms with Crippen LogP contribution in [0.1, 0.15) is 6.42 Å². The number of benzene rings is 1. The molecule has 8 heteroatoms. The molecule has 1 saturated heterocycles. The van der Waals surface area contributed by atoms with Crippen molar-refractivity contribution in [1.29, 1.82) is 0 Å². The van der Waals surface area contributed by atoms with Crippen molar-refractivity contribution in [2.75, 3.05) is 50.1 Å². The third-order valence-corrected chi connectivity index (χ3v) is 3.79. The lowest BCUT2D eigenvalue weighted by Crippen LogP contribution is -2.38. The van der Waals surface area contributed by atoms with E-state index in [0.29, 0.717) is 23.9 Å². The largest absolute Gasteiger partial charge is 0.481 e. The number of anilines is 2. The van der Waals surface area contributed by atoms with Gasteiger partial charge in [-0.3, -0.25) is 4.79 Å².